The summed E-state index contributed by atoms with van der Waals surface area (Å²) in [5.74, 6) is -1.23. The number of nitrogens with one attached hydrogen (secondary N) is 1. The second-order valence-electron chi connectivity index (χ2n) is 6.25. The molecule has 1 aromatic carbocycles. The minimum atomic E-state index is -1.03. The van der Waals surface area contributed by atoms with E-state index in [-0.39, 0.29) is 58.5 Å². The number of ether oxygens (including phenoxy) is 1. The van der Waals surface area contributed by atoms with Gasteiger partial charge in [0, 0.05) is 4.75 Å². The summed E-state index contributed by atoms with van der Waals surface area (Å²) in [7, 11) is 0. The third-order valence-electron chi connectivity index (χ3n) is 4.10. The first-order valence-electron chi connectivity index (χ1n) is 7.51. The topological polar surface area (TPSA) is 95.9 Å². The molecular weight excluding hydrogens is 372 g/mol. The Hall–Kier alpha value is -0.960. The van der Waals surface area contributed by atoms with Gasteiger partial charge in [0.1, 0.15) is 23.2 Å². The van der Waals surface area contributed by atoms with E-state index in [4.69, 9.17) is 4.74 Å². The number of rotatable bonds is 5. The molecule has 2 heterocycles. The number of hydrogen-bond acceptors (Lipinski definition) is 5. The van der Waals surface area contributed by atoms with Crippen molar-refractivity contribution in [3.63, 3.8) is 0 Å². The zero-order valence-electron chi connectivity index (χ0n) is 16.0. The molecule has 2 aliphatic rings. The first kappa shape index (κ1) is 20.4. The maximum atomic E-state index is 12.2. The molecule has 3 atom stereocenters. The monoisotopic (exact) mass is 392 g/mol. The van der Waals surface area contributed by atoms with E-state index in [9.17, 15) is 19.5 Å². The number of para-hydroxylation sites is 1. The van der Waals surface area contributed by atoms with Gasteiger partial charge in [0.25, 0.3) is 5.91 Å². The average Bonchev–Trinajstić information content (AvgIpc) is 2.80. The van der Waals surface area contributed by atoms with Gasteiger partial charge >= 0.3 is 43.7 Å². The van der Waals surface area contributed by atoms with E-state index in [0.29, 0.717) is 5.75 Å². The van der Waals surface area contributed by atoms with E-state index in [0.717, 1.165) is 0 Å². The fraction of sp³-hybridized carbons (Fsp3) is 0.438. The third kappa shape index (κ3) is 3.92. The molecule has 1 aromatic rings. The van der Waals surface area contributed by atoms with E-state index < -0.39 is 28.7 Å². The van der Waals surface area contributed by atoms with Crippen molar-refractivity contribution in [3.8, 4) is 5.75 Å². The fourth-order valence-corrected chi connectivity index (χ4v) is 4.65. The van der Waals surface area contributed by atoms with Crippen molar-refractivity contribution in [2.24, 2.45) is 0 Å². The number of fused-ring (bicyclic) bond motifs is 1. The van der Waals surface area contributed by atoms with Gasteiger partial charge in [0.2, 0.25) is 5.91 Å². The Labute approximate surface area is 182 Å². The number of nitrogens with zero attached hydrogens (tertiary/aromatic N) is 1. The number of aliphatic carboxylic acids is 1. The molecular formula is C16H20CaN2O5S. The van der Waals surface area contributed by atoms with Crippen LogP contribution in [0, 0.1) is 0 Å². The Morgan fingerprint density at radius 3 is 2.60 bits per heavy atom. The summed E-state index contributed by atoms with van der Waals surface area (Å²) in [5.41, 5.74) is 0. The van der Waals surface area contributed by atoms with Crippen LogP contribution in [-0.2, 0) is 14.4 Å². The fourth-order valence-electron chi connectivity index (χ4n) is 3.03. The summed E-state index contributed by atoms with van der Waals surface area (Å²) in [5, 5.41) is 11.6. The van der Waals surface area contributed by atoms with Crippen molar-refractivity contribution in [2.45, 2.75) is 36.1 Å². The van der Waals surface area contributed by atoms with Crippen molar-refractivity contribution in [3.05, 3.63) is 30.3 Å². The molecule has 9 heteroatoms. The van der Waals surface area contributed by atoms with Gasteiger partial charge in [-0.05, 0) is 26.0 Å². The van der Waals surface area contributed by atoms with Crippen LogP contribution in [0.4, 0.5) is 0 Å². The van der Waals surface area contributed by atoms with Crippen LogP contribution in [0.5, 0.6) is 5.75 Å². The van der Waals surface area contributed by atoms with E-state index in [1.807, 2.05) is 6.07 Å². The molecule has 0 saturated carbocycles. The first-order valence-corrected chi connectivity index (χ1v) is 8.39. The minimum Gasteiger partial charge on any atom is -1.00 e. The van der Waals surface area contributed by atoms with Crippen molar-refractivity contribution in [2.75, 3.05) is 6.61 Å². The second kappa shape index (κ2) is 7.73. The molecule has 25 heavy (non-hydrogen) atoms. The molecule has 0 aromatic heterocycles. The summed E-state index contributed by atoms with van der Waals surface area (Å²) < 4.78 is 4.74. The van der Waals surface area contributed by atoms with Gasteiger partial charge in [-0.15, -0.1) is 11.8 Å². The van der Waals surface area contributed by atoms with Crippen LogP contribution in [0.1, 0.15) is 16.7 Å². The zero-order chi connectivity index (χ0) is 17.5. The van der Waals surface area contributed by atoms with Crippen molar-refractivity contribution in [1.29, 1.82) is 0 Å². The van der Waals surface area contributed by atoms with Crippen LogP contribution in [-0.4, -0.2) is 94.3 Å². The van der Waals surface area contributed by atoms with Gasteiger partial charge in [0.15, 0.2) is 6.61 Å². The number of amides is 2. The predicted molar refractivity (Wildman–Crippen MR) is 95.6 cm³/mol. The zero-order valence-corrected chi connectivity index (χ0v) is 17.0. The summed E-state index contributed by atoms with van der Waals surface area (Å²) in [4.78, 5) is 37.0. The quantitative estimate of drug-likeness (QED) is 0.561. The van der Waals surface area contributed by atoms with Gasteiger partial charge in [-0.25, -0.2) is 4.79 Å². The molecule has 0 bridgehead atoms. The molecule has 0 aliphatic carbocycles. The molecule has 2 amide bonds. The molecule has 2 aliphatic heterocycles. The Morgan fingerprint density at radius 1 is 1.36 bits per heavy atom. The van der Waals surface area contributed by atoms with Crippen LogP contribution >= 0.6 is 11.8 Å². The standard InChI is InChI=1S/C16H18N2O5S.Ca.2H/c1-16(2)12(15(21)22)18-13(20)11(14(18)24-16)17-10(19)8-23-9-6-4-3-5-7-9;;;/h3-7,11-12,14H,8H2,1-2H3,(H,17,19)(H,21,22);;;/q;+2;2*-1/t11-,12+,14-;;;/m1.../s1. The molecule has 132 valence electrons. The van der Waals surface area contributed by atoms with Crippen LogP contribution < -0.4 is 10.1 Å². The SMILES string of the molecule is CC1(C)S[C@@H]2[C@H](NC(=O)COc3ccccc3)C(=O)N2[C@H]1C(=O)O.[Ca+2].[H-].[H-]. The van der Waals surface area contributed by atoms with Crippen molar-refractivity contribution in [1.82, 2.24) is 10.2 Å². The Bertz CT molecular complexity index is 695. The number of thioether (sulfide) groups is 1. The number of hydrogen-bond donors (Lipinski definition) is 2. The normalized spacial score (nSPS) is 26.1. The molecule has 3 rings (SSSR count). The van der Waals surface area contributed by atoms with Crippen LogP contribution in [0.2, 0.25) is 0 Å². The van der Waals surface area contributed by atoms with Gasteiger partial charge < -0.3 is 22.9 Å². The van der Waals surface area contributed by atoms with Crippen LogP contribution in [0.25, 0.3) is 0 Å². The molecule has 2 N–H and O–H groups in total. The summed E-state index contributed by atoms with van der Waals surface area (Å²) in [6.45, 7) is 3.38. The van der Waals surface area contributed by atoms with E-state index in [2.05, 4.69) is 5.32 Å². The molecule has 2 saturated heterocycles. The summed E-state index contributed by atoms with van der Waals surface area (Å²) in [6, 6.07) is 7.31. The van der Waals surface area contributed by atoms with Crippen LogP contribution in [0.3, 0.4) is 0 Å². The smallest absolute Gasteiger partial charge is 1.00 e. The molecule has 0 unspecified atom stereocenters. The third-order valence-corrected chi connectivity index (χ3v) is 5.68. The number of carbonyl (C=O) groups excluding carboxylic acids is 2. The number of β-lactam (4-membered cyclic amide) rings is 1. The maximum absolute atomic E-state index is 12.2. The van der Waals surface area contributed by atoms with Crippen molar-refractivity contribution >= 4 is 67.3 Å². The molecule has 0 radical (unpaired) electrons. The summed E-state index contributed by atoms with van der Waals surface area (Å²) >= 11 is 1.39. The number of carboxylic acid groups (broad SMARTS) is 1. The molecule has 0 spiro atoms. The average molecular weight is 392 g/mol. The van der Waals surface area contributed by atoms with Gasteiger partial charge in [-0.2, -0.15) is 0 Å². The van der Waals surface area contributed by atoms with E-state index in [1.54, 1.807) is 38.1 Å². The number of carbonyl (C=O) groups is 3. The number of benzene rings is 1. The van der Waals surface area contributed by atoms with Gasteiger partial charge in [0.05, 0.1) is 0 Å². The van der Waals surface area contributed by atoms with Crippen molar-refractivity contribution < 1.29 is 27.1 Å². The van der Waals surface area contributed by atoms with Gasteiger partial charge in [-0.1, -0.05) is 18.2 Å². The number of carboxylic acids is 1. The summed E-state index contributed by atoms with van der Waals surface area (Å²) in [6.07, 6.45) is 0. The van der Waals surface area contributed by atoms with Gasteiger partial charge in [-0.3, -0.25) is 9.59 Å². The van der Waals surface area contributed by atoms with E-state index in [1.165, 1.54) is 16.7 Å². The largest absolute Gasteiger partial charge is 2.00 e. The Morgan fingerprint density at radius 2 is 2.00 bits per heavy atom. The molecule has 7 nitrogen and oxygen atoms in total. The Balaban J connectivity index is 0.00000225. The first-order chi connectivity index (χ1) is 11.3. The minimum absolute atomic E-state index is 0. The predicted octanol–water partition coefficient (Wildman–Crippen LogP) is 0.541. The Kier molecular flexibility index (Phi) is 6.30. The maximum Gasteiger partial charge on any atom is 2.00 e. The van der Waals surface area contributed by atoms with E-state index >= 15 is 0 Å². The molecule has 2 fully saturated rings. The van der Waals surface area contributed by atoms with Crippen LogP contribution in [0.15, 0.2) is 30.3 Å². The second-order valence-corrected chi connectivity index (χ2v) is 8.02.